The second-order valence-corrected chi connectivity index (χ2v) is 15.0. The van der Waals surface area contributed by atoms with Gasteiger partial charge in [-0.3, -0.25) is 4.90 Å². The Morgan fingerprint density at radius 3 is 2.21 bits per heavy atom. The highest BCUT2D eigenvalue weighted by molar-refractivity contribution is 5.97. The molecule has 6 nitrogen and oxygen atoms in total. The van der Waals surface area contributed by atoms with Crippen molar-refractivity contribution in [3.63, 3.8) is 0 Å². The number of hydrogen-bond donors (Lipinski definition) is 2. The summed E-state index contributed by atoms with van der Waals surface area (Å²) in [6.07, 6.45) is 1.93. The van der Waals surface area contributed by atoms with Crippen LogP contribution in [0.15, 0.2) is 103 Å². The van der Waals surface area contributed by atoms with Crippen LogP contribution < -0.4 is 4.90 Å². The molecule has 48 heavy (non-hydrogen) atoms. The number of phenolic OH excluding ortho intramolecular Hbond substituents is 1. The second kappa shape index (κ2) is 10.8. The zero-order valence-corrected chi connectivity index (χ0v) is 28.5. The molecule has 0 fully saturated rings. The van der Waals surface area contributed by atoms with Gasteiger partial charge in [-0.1, -0.05) is 102 Å². The van der Waals surface area contributed by atoms with E-state index in [9.17, 15) is 5.11 Å². The number of nitrogens with zero attached hydrogens (tertiary/aromatic N) is 4. The molecule has 6 heteroatoms. The maximum Gasteiger partial charge on any atom is 0.169 e. The van der Waals surface area contributed by atoms with Gasteiger partial charge in [0.2, 0.25) is 0 Å². The summed E-state index contributed by atoms with van der Waals surface area (Å²) < 4.78 is 1.91. The Labute approximate surface area is 281 Å². The zero-order chi connectivity index (χ0) is 33.4. The Bertz CT molecular complexity index is 2330. The van der Waals surface area contributed by atoms with E-state index in [4.69, 9.17) is 10.1 Å². The highest BCUT2D eigenvalue weighted by atomic mass is 16.3. The normalized spacial score (nSPS) is 13.1. The number of fused-ring (bicyclic) bond motifs is 6. The van der Waals surface area contributed by atoms with Gasteiger partial charge >= 0.3 is 0 Å². The molecule has 0 saturated carbocycles. The van der Waals surface area contributed by atoms with E-state index in [1.54, 1.807) is 0 Å². The zero-order valence-electron chi connectivity index (χ0n) is 28.5. The van der Waals surface area contributed by atoms with E-state index in [0.717, 1.165) is 69.1 Å². The molecular formula is C42H41N5O. The number of aromatic nitrogens is 4. The van der Waals surface area contributed by atoms with Crippen molar-refractivity contribution >= 4 is 39.1 Å². The molecule has 3 aromatic heterocycles. The summed E-state index contributed by atoms with van der Waals surface area (Å²) in [5.74, 6) is 1.78. The summed E-state index contributed by atoms with van der Waals surface area (Å²) in [4.78, 5) is 11.2. The molecule has 1 aliphatic carbocycles. The first kappa shape index (κ1) is 30.0. The Kier molecular flexibility index (Phi) is 6.78. The van der Waals surface area contributed by atoms with Crippen LogP contribution in [0.3, 0.4) is 0 Å². The average molecular weight is 632 g/mol. The third-order valence-corrected chi connectivity index (χ3v) is 9.67. The van der Waals surface area contributed by atoms with Crippen LogP contribution in [-0.4, -0.2) is 24.9 Å². The minimum absolute atomic E-state index is 0.126. The van der Waals surface area contributed by atoms with Gasteiger partial charge in [0.05, 0.1) is 16.9 Å². The molecule has 7 aromatic rings. The van der Waals surface area contributed by atoms with Gasteiger partial charge < -0.3 is 10.1 Å². The van der Waals surface area contributed by atoms with Crippen LogP contribution in [0, 0.1) is 0 Å². The molecule has 0 spiro atoms. The Balaban J connectivity index is 1.37. The fourth-order valence-electron chi connectivity index (χ4n) is 7.07. The summed E-state index contributed by atoms with van der Waals surface area (Å²) >= 11 is 0. The smallest absolute Gasteiger partial charge is 0.169 e. The number of pyridine rings is 1. The largest absolute Gasteiger partial charge is 0.505 e. The van der Waals surface area contributed by atoms with E-state index in [1.807, 2.05) is 35.0 Å². The van der Waals surface area contributed by atoms with Crippen LogP contribution in [0.1, 0.15) is 63.8 Å². The van der Waals surface area contributed by atoms with Crippen LogP contribution >= 0.6 is 0 Å². The number of H-pyrrole nitrogens is 1. The van der Waals surface area contributed by atoms with Crippen LogP contribution in [0.5, 0.6) is 5.75 Å². The highest BCUT2D eigenvalue weighted by Crippen LogP contribution is 2.44. The lowest BCUT2D eigenvalue weighted by Crippen LogP contribution is -2.18. The van der Waals surface area contributed by atoms with Crippen LogP contribution in [0.4, 0.5) is 17.3 Å². The fourth-order valence-corrected chi connectivity index (χ4v) is 7.07. The molecule has 240 valence electrons. The Morgan fingerprint density at radius 1 is 0.750 bits per heavy atom. The van der Waals surface area contributed by atoms with E-state index in [2.05, 4.69) is 124 Å². The van der Waals surface area contributed by atoms with Gasteiger partial charge in [0.15, 0.2) is 5.82 Å². The number of nitrogens with one attached hydrogen (secondary N) is 1. The van der Waals surface area contributed by atoms with Gasteiger partial charge in [-0.25, -0.2) is 9.67 Å². The molecule has 3 heterocycles. The van der Waals surface area contributed by atoms with Crippen molar-refractivity contribution in [2.45, 2.75) is 65.2 Å². The lowest BCUT2D eigenvalue weighted by molar-refractivity contribution is 0.441. The lowest BCUT2D eigenvalue weighted by Gasteiger charge is -2.27. The van der Waals surface area contributed by atoms with Crippen molar-refractivity contribution in [1.82, 2.24) is 19.7 Å². The van der Waals surface area contributed by atoms with Gasteiger partial charge in [0.25, 0.3) is 0 Å². The number of aromatic hydroxyl groups is 1. The molecule has 1 aliphatic rings. The Hall–Kier alpha value is -5.36. The lowest BCUT2D eigenvalue weighted by atomic mass is 9.79. The maximum atomic E-state index is 11.9. The molecule has 0 unspecified atom stereocenters. The number of phenols is 1. The molecule has 0 amide bonds. The first-order valence-corrected chi connectivity index (χ1v) is 16.8. The van der Waals surface area contributed by atoms with E-state index in [-0.39, 0.29) is 16.6 Å². The van der Waals surface area contributed by atoms with Crippen molar-refractivity contribution in [2.75, 3.05) is 4.90 Å². The third-order valence-electron chi connectivity index (χ3n) is 9.67. The monoisotopic (exact) mass is 631 g/mol. The quantitative estimate of drug-likeness (QED) is 0.203. The molecule has 0 radical (unpaired) electrons. The van der Waals surface area contributed by atoms with Gasteiger partial charge in [-0.05, 0) is 82.8 Å². The second-order valence-electron chi connectivity index (χ2n) is 15.0. The molecule has 8 rings (SSSR count). The minimum Gasteiger partial charge on any atom is -0.505 e. The molecule has 0 atom stereocenters. The average Bonchev–Trinajstić information content (AvgIpc) is 3.64. The van der Waals surface area contributed by atoms with E-state index < -0.39 is 0 Å². The summed E-state index contributed by atoms with van der Waals surface area (Å²) in [6.45, 7) is 13.0. The van der Waals surface area contributed by atoms with E-state index in [0.29, 0.717) is 5.69 Å². The van der Waals surface area contributed by atoms with Crippen LogP contribution in [-0.2, 0) is 23.7 Å². The molecular weight excluding hydrogens is 590 g/mol. The minimum atomic E-state index is -0.267. The predicted molar refractivity (Wildman–Crippen MR) is 197 cm³/mol. The van der Waals surface area contributed by atoms with Crippen molar-refractivity contribution in [2.24, 2.45) is 0 Å². The molecule has 0 aliphatic heterocycles. The van der Waals surface area contributed by atoms with E-state index >= 15 is 0 Å². The SMILES string of the molecule is CC(C)(C)c1cc(-n2nc(N(c3ccccc3)c3ccc4c(n3)-c3[nH]c5ccccc5c3CC4)c3ccccc32)c(O)c(C(C)(C)C)c1. The third kappa shape index (κ3) is 4.86. The summed E-state index contributed by atoms with van der Waals surface area (Å²) in [5.41, 5.74) is 9.97. The van der Waals surface area contributed by atoms with Gasteiger partial charge in [-0.15, -0.1) is 5.10 Å². The number of hydrogen-bond acceptors (Lipinski definition) is 4. The van der Waals surface area contributed by atoms with Crippen LogP contribution in [0.25, 0.3) is 38.9 Å². The van der Waals surface area contributed by atoms with Crippen LogP contribution in [0.2, 0.25) is 0 Å². The van der Waals surface area contributed by atoms with Crippen molar-refractivity contribution < 1.29 is 5.11 Å². The summed E-state index contributed by atoms with van der Waals surface area (Å²) in [7, 11) is 0. The number of aromatic amines is 1. The topological polar surface area (TPSA) is 70.0 Å². The molecule has 0 bridgehead atoms. The van der Waals surface area contributed by atoms with Gasteiger partial charge in [-0.2, -0.15) is 0 Å². The molecule has 2 N–H and O–H groups in total. The highest BCUT2D eigenvalue weighted by Gasteiger charge is 2.29. The fraction of sp³-hybridized carbons (Fsp3) is 0.238. The number of anilines is 3. The number of para-hydroxylation sites is 3. The first-order valence-electron chi connectivity index (χ1n) is 16.8. The van der Waals surface area contributed by atoms with Gasteiger partial charge in [0.1, 0.15) is 17.3 Å². The molecule has 0 saturated heterocycles. The maximum absolute atomic E-state index is 11.9. The Morgan fingerprint density at radius 2 is 1.46 bits per heavy atom. The first-order chi connectivity index (χ1) is 23.0. The number of benzene rings is 4. The van der Waals surface area contributed by atoms with Crippen molar-refractivity contribution in [3.8, 4) is 22.8 Å². The standard InChI is InChI=1S/C42H41N5O/c1-41(2,3)27-24-32(42(4,5)6)39(48)35(25-27)47-34-19-13-11-17-31(34)40(45-47)46(28-14-8-7-9-15-28)36-23-21-26-20-22-30-29-16-10-12-18-33(29)43-38(30)37(26)44-36/h7-19,21,23-25,43,48H,20,22H2,1-6H3. The van der Waals surface area contributed by atoms with Gasteiger partial charge in [0, 0.05) is 27.5 Å². The number of aryl methyl sites for hydroxylation is 2. The predicted octanol–water partition coefficient (Wildman–Crippen LogP) is 10.4. The molecule has 4 aromatic carbocycles. The van der Waals surface area contributed by atoms with E-state index in [1.165, 1.54) is 16.5 Å². The summed E-state index contributed by atoms with van der Waals surface area (Å²) in [6, 6.07) is 35.7. The summed E-state index contributed by atoms with van der Waals surface area (Å²) in [5, 5.41) is 19.5. The van der Waals surface area contributed by atoms with Crippen molar-refractivity contribution in [1.29, 1.82) is 0 Å². The number of rotatable bonds is 4. The van der Waals surface area contributed by atoms with Crippen molar-refractivity contribution in [3.05, 3.63) is 125 Å².